The molecule has 25 heavy (non-hydrogen) atoms. The zero-order chi connectivity index (χ0) is 17.8. The Kier molecular flexibility index (Phi) is 4.60. The summed E-state index contributed by atoms with van der Waals surface area (Å²) in [5.74, 6) is -0.554. The lowest BCUT2D eigenvalue weighted by Crippen LogP contribution is -2.31. The molecule has 1 N–H and O–H groups in total. The average molecular weight is 341 g/mol. The second-order valence-corrected chi connectivity index (χ2v) is 5.35. The molecule has 0 saturated carbocycles. The molecule has 0 spiro atoms. The van der Waals surface area contributed by atoms with Crippen molar-refractivity contribution in [2.24, 2.45) is 0 Å². The van der Waals surface area contributed by atoms with Crippen LogP contribution in [0.4, 0.5) is 0 Å². The highest BCUT2D eigenvalue weighted by Gasteiger charge is 2.18. The maximum absolute atomic E-state index is 12.2. The van der Waals surface area contributed by atoms with Crippen molar-refractivity contribution >= 4 is 22.6 Å². The van der Waals surface area contributed by atoms with Crippen molar-refractivity contribution < 1.29 is 18.7 Å². The first kappa shape index (κ1) is 16.4. The molecule has 0 unspecified atom stereocenters. The number of nitrogens with one attached hydrogen (secondary N) is 1. The lowest BCUT2D eigenvalue weighted by molar-refractivity contribution is -0.134. The average Bonchev–Trinajstić information content (AvgIpc) is 3.13. The number of carbonyl (C=O) groups is 2. The third-order valence-corrected chi connectivity index (χ3v) is 3.62. The molecule has 128 valence electrons. The van der Waals surface area contributed by atoms with Gasteiger partial charge in [0.1, 0.15) is 5.76 Å². The third kappa shape index (κ3) is 3.57. The summed E-state index contributed by atoms with van der Waals surface area (Å²) >= 11 is 0. The normalized spacial score (nSPS) is 10.6. The van der Waals surface area contributed by atoms with Gasteiger partial charge in [-0.15, -0.1) is 0 Å². The van der Waals surface area contributed by atoms with Gasteiger partial charge >= 0.3 is 5.97 Å². The number of amides is 1. The Labute approximate surface area is 142 Å². The van der Waals surface area contributed by atoms with E-state index in [1.54, 1.807) is 43.4 Å². The molecule has 0 bridgehead atoms. The Balaban J connectivity index is 1.68. The van der Waals surface area contributed by atoms with Gasteiger partial charge in [-0.2, -0.15) is 5.10 Å². The number of benzene rings is 1. The third-order valence-electron chi connectivity index (χ3n) is 3.62. The Morgan fingerprint density at radius 2 is 1.96 bits per heavy atom. The van der Waals surface area contributed by atoms with Gasteiger partial charge in [0.15, 0.2) is 12.3 Å². The highest BCUT2D eigenvalue weighted by Crippen LogP contribution is 2.13. The van der Waals surface area contributed by atoms with Crippen LogP contribution < -0.4 is 5.56 Å². The van der Waals surface area contributed by atoms with Gasteiger partial charge in [0.05, 0.1) is 18.2 Å². The van der Waals surface area contributed by atoms with Crippen LogP contribution in [-0.2, 0) is 16.1 Å². The fourth-order valence-corrected chi connectivity index (χ4v) is 2.30. The summed E-state index contributed by atoms with van der Waals surface area (Å²) in [5, 5.41) is 6.68. The quantitative estimate of drug-likeness (QED) is 0.702. The number of likely N-dealkylation sites (N-methyl/N-ethyl adjacent to an activating group) is 1. The number of carbonyl (C=O) groups excluding carboxylic acids is 2. The minimum absolute atomic E-state index is 0.0447. The van der Waals surface area contributed by atoms with Crippen LogP contribution in [0.15, 0.2) is 51.9 Å². The Morgan fingerprint density at radius 1 is 1.20 bits per heavy atom. The fraction of sp³-hybridized carbons (Fsp3) is 0.176. The highest BCUT2D eigenvalue weighted by atomic mass is 16.5. The molecule has 1 amide bonds. The molecular weight excluding hydrogens is 326 g/mol. The van der Waals surface area contributed by atoms with E-state index in [2.05, 4.69) is 10.2 Å². The maximum Gasteiger partial charge on any atom is 0.359 e. The number of fused-ring (bicyclic) bond motifs is 1. The van der Waals surface area contributed by atoms with E-state index >= 15 is 0 Å². The van der Waals surface area contributed by atoms with Crippen LogP contribution in [-0.4, -0.2) is 40.6 Å². The van der Waals surface area contributed by atoms with E-state index in [1.807, 2.05) is 0 Å². The number of aromatic nitrogens is 2. The highest BCUT2D eigenvalue weighted by molar-refractivity contribution is 6.02. The van der Waals surface area contributed by atoms with Gasteiger partial charge in [-0.25, -0.2) is 9.89 Å². The topological polar surface area (TPSA) is 106 Å². The lowest BCUT2D eigenvalue weighted by atomic mass is 10.1. The summed E-state index contributed by atoms with van der Waals surface area (Å²) in [5.41, 5.74) is -0.446. The molecule has 2 heterocycles. The van der Waals surface area contributed by atoms with E-state index in [0.717, 1.165) is 0 Å². The predicted octanol–water partition coefficient (Wildman–Crippen LogP) is 1.33. The molecule has 0 fully saturated rings. The first-order chi connectivity index (χ1) is 12.1. The number of rotatable bonds is 5. The second-order valence-electron chi connectivity index (χ2n) is 5.35. The Hall–Kier alpha value is -3.42. The number of hydrogen-bond donors (Lipinski definition) is 1. The van der Waals surface area contributed by atoms with Crippen LogP contribution in [0.2, 0.25) is 0 Å². The molecule has 1 aromatic carbocycles. The van der Waals surface area contributed by atoms with Crippen molar-refractivity contribution in [1.29, 1.82) is 0 Å². The molecule has 0 atom stereocenters. The zero-order valence-electron chi connectivity index (χ0n) is 13.4. The van der Waals surface area contributed by atoms with E-state index in [9.17, 15) is 14.4 Å². The van der Waals surface area contributed by atoms with Crippen molar-refractivity contribution in [2.75, 3.05) is 13.7 Å². The van der Waals surface area contributed by atoms with Crippen molar-refractivity contribution in [3.63, 3.8) is 0 Å². The molecule has 8 nitrogen and oxygen atoms in total. The van der Waals surface area contributed by atoms with E-state index < -0.39 is 24.0 Å². The molecule has 3 rings (SSSR count). The number of aromatic amines is 1. The number of hydrogen-bond acceptors (Lipinski definition) is 6. The van der Waals surface area contributed by atoms with Crippen LogP contribution in [0.1, 0.15) is 16.2 Å². The van der Waals surface area contributed by atoms with Crippen LogP contribution in [0.5, 0.6) is 0 Å². The smallest absolute Gasteiger partial charge is 0.359 e. The SMILES string of the molecule is CN(Cc1ccco1)C(=O)COC(=O)c1n[nH]c(=O)c2ccccc12. The molecule has 0 aliphatic heterocycles. The van der Waals surface area contributed by atoms with Crippen LogP contribution in [0.3, 0.4) is 0 Å². The number of ether oxygens (including phenoxy) is 1. The summed E-state index contributed by atoms with van der Waals surface area (Å²) in [6, 6.07) is 10.0. The standard InChI is InChI=1S/C17H15N3O5/c1-20(9-11-5-4-8-24-11)14(21)10-25-17(23)15-12-6-2-3-7-13(12)16(22)19-18-15/h2-8H,9-10H2,1H3,(H,19,22). The minimum Gasteiger partial charge on any atom is -0.467 e. The minimum atomic E-state index is -0.785. The molecule has 3 aromatic rings. The first-order valence-electron chi connectivity index (χ1n) is 7.47. The molecule has 0 aliphatic carbocycles. The van der Waals surface area contributed by atoms with Crippen molar-refractivity contribution in [3.8, 4) is 0 Å². The van der Waals surface area contributed by atoms with Gasteiger partial charge < -0.3 is 14.1 Å². The fourth-order valence-electron chi connectivity index (χ4n) is 2.30. The molecular formula is C17H15N3O5. The van der Waals surface area contributed by atoms with Gasteiger partial charge in [0.25, 0.3) is 11.5 Å². The zero-order valence-corrected chi connectivity index (χ0v) is 13.4. The predicted molar refractivity (Wildman–Crippen MR) is 87.8 cm³/mol. The van der Waals surface area contributed by atoms with Gasteiger partial charge in [0, 0.05) is 12.4 Å². The number of nitrogens with zero attached hydrogens (tertiary/aromatic N) is 2. The summed E-state index contributed by atoms with van der Waals surface area (Å²) in [7, 11) is 1.58. The van der Waals surface area contributed by atoms with Crippen LogP contribution in [0, 0.1) is 0 Å². The van der Waals surface area contributed by atoms with E-state index in [1.165, 1.54) is 11.2 Å². The second kappa shape index (κ2) is 7.00. The van der Waals surface area contributed by atoms with Gasteiger partial charge in [0.2, 0.25) is 0 Å². The van der Waals surface area contributed by atoms with Gasteiger partial charge in [-0.1, -0.05) is 18.2 Å². The van der Waals surface area contributed by atoms with Crippen LogP contribution >= 0.6 is 0 Å². The number of esters is 1. The van der Waals surface area contributed by atoms with E-state index in [0.29, 0.717) is 16.5 Å². The monoisotopic (exact) mass is 341 g/mol. The maximum atomic E-state index is 12.2. The van der Waals surface area contributed by atoms with Crippen molar-refractivity contribution in [2.45, 2.75) is 6.54 Å². The molecule has 0 aliphatic rings. The number of H-pyrrole nitrogens is 1. The van der Waals surface area contributed by atoms with Gasteiger partial charge in [-0.05, 0) is 18.2 Å². The summed E-state index contributed by atoms with van der Waals surface area (Å²) in [4.78, 5) is 37.4. The van der Waals surface area contributed by atoms with Crippen LogP contribution in [0.25, 0.3) is 10.8 Å². The van der Waals surface area contributed by atoms with E-state index in [-0.39, 0.29) is 12.2 Å². The van der Waals surface area contributed by atoms with Crippen molar-refractivity contribution in [1.82, 2.24) is 15.1 Å². The summed E-state index contributed by atoms with van der Waals surface area (Å²) in [6.07, 6.45) is 1.51. The summed E-state index contributed by atoms with van der Waals surface area (Å²) in [6.45, 7) is -0.172. The molecule has 0 radical (unpaired) electrons. The molecule has 2 aromatic heterocycles. The summed E-state index contributed by atoms with van der Waals surface area (Å²) < 4.78 is 10.2. The Morgan fingerprint density at radius 3 is 2.68 bits per heavy atom. The Bertz CT molecular complexity index is 962. The van der Waals surface area contributed by atoms with E-state index in [4.69, 9.17) is 9.15 Å². The van der Waals surface area contributed by atoms with Gasteiger partial charge in [-0.3, -0.25) is 9.59 Å². The number of furan rings is 1. The molecule has 8 heteroatoms. The largest absolute Gasteiger partial charge is 0.467 e. The van der Waals surface area contributed by atoms with Crippen molar-refractivity contribution in [3.05, 3.63) is 64.5 Å². The lowest BCUT2D eigenvalue weighted by Gasteiger charge is -2.15. The first-order valence-corrected chi connectivity index (χ1v) is 7.47. The molecule has 0 saturated heterocycles.